The number of aryl methyl sites for hydroxylation is 1. The van der Waals surface area contributed by atoms with Gasteiger partial charge in [0.2, 0.25) is 0 Å². The maximum Gasteiger partial charge on any atom is 0.261 e. The third kappa shape index (κ3) is 6.63. The van der Waals surface area contributed by atoms with Crippen molar-refractivity contribution in [3.8, 4) is 0 Å². The lowest BCUT2D eigenvalue weighted by Gasteiger charge is -2.25. The monoisotopic (exact) mass is 469 g/mol. The van der Waals surface area contributed by atoms with E-state index in [0.29, 0.717) is 12.1 Å². The highest BCUT2D eigenvalue weighted by Gasteiger charge is 2.20. The number of benzene rings is 3. The van der Waals surface area contributed by atoms with Crippen molar-refractivity contribution >= 4 is 21.6 Å². The second kappa shape index (κ2) is 10.6. The molecule has 0 radical (unpaired) electrons. The molecule has 33 heavy (non-hydrogen) atoms. The number of nitrogens with one attached hydrogen (secondary N) is 2. The molecule has 3 aromatic rings. The van der Waals surface area contributed by atoms with Gasteiger partial charge in [0.05, 0.1) is 4.90 Å². The molecule has 8 heteroatoms. The van der Waals surface area contributed by atoms with Crippen LogP contribution in [0.15, 0.2) is 77.7 Å². The Morgan fingerprint density at radius 2 is 1.67 bits per heavy atom. The molecule has 1 atom stereocenters. The van der Waals surface area contributed by atoms with Crippen molar-refractivity contribution in [2.45, 2.75) is 24.3 Å². The fraction of sp³-hybridized carbons (Fsp3) is 0.240. The summed E-state index contributed by atoms with van der Waals surface area (Å²) >= 11 is 0. The van der Waals surface area contributed by atoms with Crippen molar-refractivity contribution in [2.24, 2.45) is 0 Å². The first-order chi connectivity index (χ1) is 15.7. The van der Waals surface area contributed by atoms with E-state index in [1.165, 1.54) is 42.0 Å². The Labute approximate surface area is 194 Å². The van der Waals surface area contributed by atoms with Crippen LogP contribution in [-0.4, -0.2) is 45.9 Å². The number of anilines is 1. The van der Waals surface area contributed by atoms with Gasteiger partial charge >= 0.3 is 0 Å². The van der Waals surface area contributed by atoms with Crippen LogP contribution in [0.4, 0.5) is 10.1 Å². The number of rotatable bonds is 9. The second-order valence-electron chi connectivity index (χ2n) is 8.11. The van der Waals surface area contributed by atoms with E-state index in [1.54, 1.807) is 13.0 Å². The summed E-state index contributed by atoms with van der Waals surface area (Å²) in [6, 6.07) is 19.5. The molecule has 0 aliphatic carbocycles. The lowest BCUT2D eigenvalue weighted by atomic mass is 10.0. The van der Waals surface area contributed by atoms with Crippen molar-refractivity contribution < 1.29 is 17.6 Å². The van der Waals surface area contributed by atoms with Crippen molar-refractivity contribution in [2.75, 3.05) is 25.4 Å². The van der Waals surface area contributed by atoms with Crippen LogP contribution in [0, 0.1) is 12.7 Å². The van der Waals surface area contributed by atoms with Gasteiger partial charge in [-0.3, -0.25) is 9.52 Å². The fourth-order valence-corrected chi connectivity index (χ4v) is 4.46. The number of amides is 1. The molecule has 2 N–H and O–H groups in total. The Morgan fingerprint density at radius 1 is 1.00 bits per heavy atom. The number of hydrogen-bond donors (Lipinski definition) is 2. The molecule has 0 bridgehead atoms. The summed E-state index contributed by atoms with van der Waals surface area (Å²) in [6.07, 6.45) is 0.767. The number of halogens is 1. The van der Waals surface area contributed by atoms with Gasteiger partial charge in [0.1, 0.15) is 5.82 Å². The van der Waals surface area contributed by atoms with E-state index in [4.69, 9.17) is 0 Å². The average Bonchev–Trinajstić information content (AvgIpc) is 2.78. The summed E-state index contributed by atoms with van der Waals surface area (Å²) < 4.78 is 41.1. The molecule has 0 spiro atoms. The molecule has 0 aromatic heterocycles. The maximum atomic E-state index is 13.1. The minimum Gasteiger partial charge on any atom is -0.350 e. The number of hydrogen-bond acceptors (Lipinski definition) is 4. The number of carbonyl (C=O) groups excluding carboxylic acids is 1. The molecule has 3 aromatic carbocycles. The highest BCUT2D eigenvalue weighted by molar-refractivity contribution is 7.92. The second-order valence-corrected chi connectivity index (χ2v) is 9.79. The minimum absolute atomic E-state index is 0.0454. The molecule has 0 heterocycles. The third-order valence-corrected chi connectivity index (χ3v) is 6.78. The third-order valence-electron chi connectivity index (χ3n) is 5.40. The van der Waals surface area contributed by atoms with Crippen LogP contribution in [0.5, 0.6) is 0 Å². The average molecular weight is 470 g/mol. The first kappa shape index (κ1) is 24.4. The van der Waals surface area contributed by atoms with Gasteiger partial charge in [0.25, 0.3) is 15.9 Å². The van der Waals surface area contributed by atoms with Gasteiger partial charge in [0.15, 0.2) is 0 Å². The number of sulfonamides is 1. The Morgan fingerprint density at radius 3 is 2.30 bits per heavy atom. The topological polar surface area (TPSA) is 78.5 Å². The lowest BCUT2D eigenvalue weighted by molar-refractivity contribution is 0.0941. The van der Waals surface area contributed by atoms with Gasteiger partial charge in [-0.2, -0.15) is 0 Å². The summed E-state index contributed by atoms with van der Waals surface area (Å²) in [4.78, 5) is 14.9. The summed E-state index contributed by atoms with van der Waals surface area (Å²) in [7, 11) is -0.0297. The molecule has 6 nitrogen and oxygen atoms in total. The zero-order chi connectivity index (χ0) is 24.0. The van der Waals surface area contributed by atoms with E-state index in [0.717, 1.165) is 6.42 Å². The molecule has 0 aliphatic heterocycles. The molecular weight excluding hydrogens is 441 g/mol. The first-order valence-electron chi connectivity index (χ1n) is 10.5. The maximum absolute atomic E-state index is 13.1. The summed E-state index contributed by atoms with van der Waals surface area (Å²) in [6.45, 7) is 2.16. The predicted molar refractivity (Wildman–Crippen MR) is 128 cm³/mol. The molecular formula is C25H28FN3O3S. The minimum atomic E-state index is -3.95. The van der Waals surface area contributed by atoms with Gasteiger partial charge in [0, 0.05) is 23.8 Å². The van der Waals surface area contributed by atoms with E-state index in [2.05, 4.69) is 10.0 Å². The molecule has 3 rings (SSSR count). The van der Waals surface area contributed by atoms with Crippen molar-refractivity contribution in [1.82, 2.24) is 10.2 Å². The summed E-state index contributed by atoms with van der Waals surface area (Å²) in [5, 5.41) is 2.94. The van der Waals surface area contributed by atoms with Crippen LogP contribution in [0.3, 0.4) is 0 Å². The van der Waals surface area contributed by atoms with E-state index >= 15 is 0 Å². The fourth-order valence-electron chi connectivity index (χ4n) is 3.37. The van der Waals surface area contributed by atoms with Crippen LogP contribution < -0.4 is 10.0 Å². The Balaban J connectivity index is 1.73. The van der Waals surface area contributed by atoms with E-state index in [-0.39, 0.29) is 28.1 Å². The molecule has 1 unspecified atom stereocenters. The summed E-state index contributed by atoms with van der Waals surface area (Å²) in [5.41, 5.74) is 2.35. The largest absolute Gasteiger partial charge is 0.350 e. The summed E-state index contributed by atoms with van der Waals surface area (Å²) in [5.74, 6) is -0.804. The Hall–Kier alpha value is -3.23. The van der Waals surface area contributed by atoms with Crippen molar-refractivity contribution in [1.29, 1.82) is 0 Å². The number of carbonyl (C=O) groups is 1. The SMILES string of the molecule is Cc1ccc(S(=O)(=O)Nc2ccc(F)cc2)cc1C(=O)NCC(Cc1ccccc1)N(C)C. The van der Waals surface area contributed by atoms with Gasteiger partial charge in [-0.15, -0.1) is 0 Å². The molecule has 0 aliphatic rings. The van der Waals surface area contributed by atoms with E-state index < -0.39 is 15.8 Å². The highest BCUT2D eigenvalue weighted by atomic mass is 32.2. The molecule has 0 fully saturated rings. The van der Waals surface area contributed by atoms with Crippen LogP contribution in [0.2, 0.25) is 0 Å². The molecule has 0 saturated carbocycles. The quantitative estimate of drug-likeness (QED) is 0.499. The molecule has 174 valence electrons. The van der Waals surface area contributed by atoms with Gasteiger partial charge < -0.3 is 10.2 Å². The van der Waals surface area contributed by atoms with E-state index in [1.807, 2.05) is 49.3 Å². The Kier molecular flexibility index (Phi) is 7.84. The van der Waals surface area contributed by atoms with Crippen LogP contribution >= 0.6 is 0 Å². The van der Waals surface area contributed by atoms with E-state index in [9.17, 15) is 17.6 Å². The molecule has 1 amide bonds. The zero-order valence-electron chi connectivity index (χ0n) is 18.9. The van der Waals surface area contributed by atoms with Crippen LogP contribution in [0.25, 0.3) is 0 Å². The van der Waals surface area contributed by atoms with Crippen LogP contribution in [-0.2, 0) is 16.4 Å². The smallest absolute Gasteiger partial charge is 0.261 e. The predicted octanol–water partition coefficient (Wildman–Crippen LogP) is 3.84. The van der Waals surface area contributed by atoms with Crippen LogP contribution in [0.1, 0.15) is 21.5 Å². The van der Waals surface area contributed by atoms with Crippen molar-refractivity contribution in [3.05, 3.63) is 95.3 Å². The van der Waals surface area contributed by atoms with Gasteiger partial charge in [-0.25, -0.2) is 12.8 Å². The standard InChI is InChI=1S/C25H28FN3O3S/c1-18-9-14-23(33(31,32)28-21-12-10-20(26)11-13-21)16-24(18)25(30)27-17-22(29(2)3)15-19-7-5-4-6-8-19/h4-14,16,22,28H,15,17H2,1-3H3,(H,27,30). The zero-order valence-corrected chi connectivity index (χ0v) is 19.7. The van der Waals surface area contributed by atoms with Gasteiger partial charge in [-0.05, 0) is 75.0 Å². The van der Waals surface area contributed by atoms with Crippen molar-refractivity contribution in [3.63, 3.8) is 0 Å². The first-order valence-corrected chi connectivity index (χ1v) is 12.0. The Bertz CT molecular complexity index is 1200. The number of likely N-dealkylation sites (N-methyl/N-ethyl adjacent to an activating group) is 1. The highest BCUT2D eigenvalue weighted by Crippen LogP contribution is 2.20. The molecule has 0 saturated heterocycles. The number of nitrogens with zero attached hydrogens (tertiary/aromatic N) is 1. The lowest BCUT2D eigenvalue weighted by Crippen LogP contribution is -2.41. The normalized spacial score (nSPS) is 12.4. The van der Waals surface area contributed by atoms with Gasteiger partial charge in [-0.1, -0.05) is 36.4 Å².